The van der Waals surface area contributed by atoms with Crippen LogP contribution in [0, 0.1) is 17.5 Å². The van der Waals surface area contributed by atoms with Gasteiger partial charge in [-0.15, -0.1) is 0 Å². The molecule has 0 unspecified atom stereocenters. The van der Waals surface area contributed by atoms with Gasteiger partial charge in [0.05, 0.1) is 16.8 Å². The predicted octanol–water partition coefficient (Wildman–Crippen LogP) is 4.09. The highest BCUT2D eigenvalue weighted by Gasteiger charge is 2.47. The fraction of sp³-hybridized carbons (Fsp3) is 0.429. The summed E-state index contributed by atoms with van der Waals surface area (Å²) >= 11 is 0. The van der Waals surface area contributed by atoms with E-state index in [1.807, 2.05) is 13.8 Å². The van der Waals surface area contributed by atoms with Crippen molar-refractivity contribution in [2.24, 2.45) is 0 Å². The first-order chi connectivity index (χ1) is 8.65. The van der Waals surface area contributed by atoms with E-state index in [1.165, 1.54) is 0 Å². The Morgan fingerprint density at radius 2 is 1.63 bits per heavy atom. The van der Waals surface area contributed by atoms with Crippen LogP contribution in [0.25, 0.3) is 10.9 Å². The summed E-state index contributed by atoms with van der Waals surface area (Å²) in [5, 5.41) is -0.0527. The fourth-order valence-electron chi connectivity index (χ4n) is 3.06. The van der Waals surface area contributed by atoms with Crippen LogP contribution in [-0.2, 0) is 15.9 Å². The normalized spacial score (nSPS) is 19.9. The standard InChI is InChI=1S/C14H14F3NO/c1-13(2)9-8-10(17)6(15)5-7(16)11(8)18-12(9)14(3,4)19-13/h5,18H,1-4H3. The van der Waals surface area contributed by atoms with Gasteiger partial charge < -0.3 is 9.72 Å². The maximum atomic E-state index is 14.0. The molecule has 0 fully saturated rings. The van der Waals surface area contributed by atoms with E-state index in [0.29, 0.717) is 17.3 Å². The van der Waals surface area contributed by atoms with Gasteiger partial charge in [0.15, 0.2) is 11.6 Å². The van der Waals surface area contributed by atoms with Crippen molar-refractivity contribution in [3.05, 3.63) is 34.8 Å². The molecule has 0 atom stereocenters. The van der Waals surface area contributed by atoms with Gasteiger partial charge in [0.1, 0.15) is 11.4 Å². The number of rotatable bonds is 0. The third-order valence-electron chi connectivity index (χ3n) is 3.64. The quantitative estimate of drug-likeness (QED) is 0.716. The van der Waals surface area contributed by atoms with Crippen molar-refractivity contribution in [1.82, 2.24) is 4.98 Å². The van der Waals surface area contributed by atoms with Crippen LogP contribution in [0.2, 0.25) is 0 Å². The van der Waals surface area contributed by atoms with Gasteiger partial charge in [-0.05, 0) is 27.7 Å². The van der Waals surface area contributed by atoms with Crippen LogP contribution in [0.4, 0.5) is 13.2 Å². The lowest BCUT2D eigenvalue weighted by Gasteiger charge is -2.25. The molecule has 102 valence electrons. The van der Waals surface area contributed by atoms with Gasteiger partial charge in [-0.25, -0.2) is 13.2 Å². The first-order valence-corrected chi connectivity index (χ1v) is 6.05. The van der Waals surface area contributed by atoms with Crippen LogP contribution in [0.15, 0.2) is 6.07 Å². The Labute approximate surface area is 108 Å². The van der Waals surface area contributed by atoms with Gasteiger partial charge >= 0.3 is 0 Å². The zero-order chi connectivity index (χ0) is 14.2. The van der Waals surface area contributed by atoms with Gasteiger partial charge in [-0.3, -0.25) is 0 Å². The zero-order valence-electron chi connectivity index (χ0n) is 11.1. The molecule has 0 radical (unpaired) electrons. The Hall–Kier alpha value is -1.49. The zero-order valence-corrected chi connectivity index (χ0v) is 11.1. The summed E-state index contributed by atoms with van der Waals surface area (Å²) < 4.78 is 47.1. The number of nitrogens with one attached hydrogen (secondary N) is 1. The summed E-state index contributed by atoms with van der Waals surface area (Å²) in [6, 6.07) is 0.560. The fourth-order valence-corrected chi connectivity index (χ4v) is 3.06. The topological polar surface area (TPSA) is 25.0 Å². The average molecular weight is 269 g/mol. The molecule has 1 N–H and O–H groups in total. The van der Waals surface area contributed by atoms with E-state index in [-0.39, 0.29) is 10.9 Å². The van der Waals surface area contributed by atoms with Crippen molar-refractivity contribution in [3.8, 4) is 0 Å². The molecule has 0 bridgehead atoms. The monoisotopic (exact) mass is 269 g/mol. The van der Waals surface area contributed by atoms with E-state index in [0.717, 1.165) is 0 Å². The molecule has 2 aromatic rings. The molecule has 0 spiro atoms. The second-order valence-corrected chi connectivity index (χ2v) is 5.90. The molecule has 0 aliphatic carbocycles. The molecule has 2 heterocycles. The first kappa shape index (κ1) is 12.5. The first-order valence-electron chi connectivity index (χ1n) is 6.05. The summed E-state index contributed by atoms with van der Waals surface area (Å²) in [6.07, 6.45) is 0. The van der Waals surface area contributed by atoms with E-state index in [1.54, 1.807) is 13.8 Å². The van der Waals surface area contributed by atoms with Crippen molar-refractivity contribution >= 4 is 10.9 Å². The highest BCUT2D eigenvalue weighted by Crippen LogP contribution is 2.50. The van der Waals surface area contributed by atoms with Gasteiger partial charge in [0, 0.05) is 17.0 Å². The molecule has 0 amide bonds. The van der Waals surface area contributed by atoms with Crippen molar-refractivity contribution in [3.63, 3.8) is 0 Å². The second kappa shape index (κ2) is 3.33. The average Bonchev–Trinajstić information content (AvgIpc) is 2.72. The van der Waals surface area contributed by atoms with Gasteiger partial charge in [-0.1, -0.05) is 0 Å². The molecular formula is C14H14F3NO. The lowest BCUT2D eigenvalue weighted by molar-refractivity contribution is -0.106. The minimum absolute atomic E-state index is 0.00616. The molecule has 1 aliphatic rings. The van der Waals surface area contributed by atoms with E-state index in [4.69, 9.17) is 4.74 Å². The van der Waals surface area contributed by atoms with E-state index >= 15 is 0 Å². The molecule has 0 saturated heterocycles. The molecule has 3 rings (SSSR count). The smallest absolute Gasteiger partial charge is 0.168 e. The Bertz CT molecular complexity index is 701. The third-order valence-corrected chi connectivity index (χ3v) is 3.64. The number of hydrogen-bond donors (Lipinski definition) is 1. The van der Waals surface area contributed by atoms with Crippen molar-refractivity contribution in [2.75, 3.05) is 0 Å². The van der Waals surface area contributed by atoms with Crippen LogP contribution in [0.3, 0.4) is 0 Å². The number of halogens is 3. The maximum absolute atomic E-state index is 14.0. The van der Waals surface area contributed by atoms with Gasteiger partial charge in [-0.2, -0.15) is 0 Å². The maximum Gasteiger partial charge on any atom is 0.168 e. The molecular weight excluding hydrogens is 255 g/mol. The Morgan fingerprint density at radius 3 is 2.26 bits per heavy atom. The number of aromatic amines is 1. The van der Waals surface area contributed by atoms with Crippen LogP contribution in [0.5, 0.6) is 0 Å². The molecule has 2 nitrogen and oxygen atoms in total. The number of hydrogen-bond acceptors (Lipinski definition) is 1. The van der Waals surface area contributed by atoms with Crippen molar-refractivity contribution in [1.29, 1.82) is 0 Å². The van der Waals surface area contributed by atoms with Crippen molar-refractivity contribution in [2.45, 2.75) is 38.9 Å². The Morgan fingerprint density at radius 1 is 1.00 bits per heavy atom. The SMILES string of the molecule is CC1(C)OC(C)(C)c2c1[nH]c1c(F)cc(F)c(F)c21. The van der Waals surface area contributed by atoms with Crippen LogP contribution >= 0.6 is 0 Å². The molecule has 19 heavy (non-hydrogen) atoms. The Kier molecular flexibility index (Phi) is 2.20. The largest absolute Gasteiger partial charge is 0.359 e. The Balaban J connectivity index is 2.52. The van der Waals surface area contributed by atoms with Crippen LogP contribution in [-0.4, -0.2) is 4.98 Å². The number of fused-ring (bicyclic) bond motifs is 3. The molecule has 1 aromatic heterocycles. The van der Waals surface area contributed by atoms with Gasteiger partial charge in [0.2, 0.25) is 0 Å². The van der Waals surface area contributed by atoms with Gasteiger partial charge in [0.25, 0.3) is 0 Å². The van der Waals surface area contributed by atoms with E-state index in [2.05, 4.69) is 4.98 Å². The lowest BCUT2D eigenvalue weighted by atomic mass is 9.94. The summed E-state index contributed by atoms with van der Waals surface area (Å²) in [6.45, 7) is 7.14. The molecule has 1 aliphatic heterocycles. The van der Waals surface area contributed by atoms with Crippen LogP contribution in [0.1, 0.15) is 39.0 Å². The number of ether oxygens (including phenoxy) is 1. The van der Waals surface area contributed by atoms with Crippen molar-refractivity contribution < 1.29 is 17.9 Å². The second-order valence-electron chi connectivity index (χ2n) is 5.90. The molecule has 1 aromatic carbocycles. The summed E-state index contributed by atoms with van der Waals surface area (Å²) in [5.41, 5.74) is -0.432. The van der Waals surface area contributed by atoms with Crippen LogP contribution < -0.4 is 0 Å². The van der Waals surface area contributed by atoms with E-state index in [9.17, 15) is 13.2 Å². The number of H-pyrrole nitrogens is 1. The highest BCUT2D eigenvalue weighted by atomic mass is 19.2. The molecule has 5 heteroatoms. The predicted molar refractivity (Wildman–Crippen MR) is 65.3 cm³/mol. The summed E-state index contributed by atoms with van der Waals surface area (Å²) in [7, 11) is 0. The number of benzene rings is 1. The highest BCUT2D eigenvalue weighted by molar-refractivity contribution is 5.87. The summed E-state index contributed by atoms with van der Waals surface area (Å²) in [5.74, 6) is -3.02. The third kappa shape index (κ3) is 1.48. The lowest BCUT2D eigenvalue weighted by Crippen LogP contribution is -2.23. The minimum Gasteiger partial charge on any atom is -0.359 e. The summed E-state index contributed by atoms with van der Waals surface area (Å²) in [4.78, 5) is 2.85. The number of aromatic nitrogens is 1. The molecule has 0 saturated carbocycles. The minimum atomic E-state index is -1.19. The van der Waals surface area contributed by atoms with E-state index < -0.39 is 28.7 Å².